The maximum Gasteiger partial charge on any atom is 0.336 e. The molecular formula is C18H22N2O2. The van der Waals surface area contributed by atoms with Crippen LogP contribution in [0.25, 0.3) is 5.70 Å². The molecule has 0 atom stereocenters. The molecule has 0 saturated carbocycles. The van der Waals surface area contributed by atoms with Crippen molar-refractivity contribution in [1.82, 2.24) is 4.90 Å². The predicted molar refractivity (Wildman–Crippen MR) is 85.8 cm³/mol. The number of piperidine rings is 1. The largest absolute Gasteiger partial charge is 0.466 e. The highest BCUT2D eigenvalue weighted by Gasteiger charge is 2.23. The first kappa shape index (κ1) is 16.1. The fraction of sp³-hybridized carbons (Fsp3) is 0.444. The second-order valence-corrected chi connectivity index (χ2v) is 5.57. The van der Waals surface area contributed by atoms with Crippen molar-refractivity contribution in [2.24, 2.45) is 0 Å². The lowest BCUT2D eigenvalue weighted by atomic mass is 9.99. The summed E-state index contributed by atoms with van der Waals surface area (Å²) >= 11 is 0. The molecule has 1 heterocycles. The zero-order chi connectivity index (χ0) is 15.9. The van der Waals surface area contributed by atoms with Crippen LogP contribution in [0.2, 0.25) is 0 Å². The van der Waals surface area contributed by atoms with Gasteiger partial charge in [-0.1, -0.05) is 29.8 Å². The number of nitrogens with zero attached hydrogens (tertiary/aromatic N) is 2. The van der Waals surface area contributed by atoms with E-state index in [-0.39, 0.29) is 6.42 Å². The van der Waals surface area contributed by atoms with E-state index in [0.29, 0.717) is 5.57 Å². The summed E-state index contributed by atoms with van der Waals surface area (Å²) in [7, 11) is 1.36. The van der Waals surface area contributed by atoms with E-state index in [1.165, 1.54) is 19.1 Å². The molecule has 1 fully saturated rings. The monoisotopic (exact) mass is 298 g/mol. The first-order valence-corrected chi connectivity index (χ1v) is 7.67. The minimum atomic E-state index is -0.414. The normalized spacial score (nSPS) is 15.8. The third kappa shape index (κ3) is 3.67. The lowest BCUT2D eigenvalue weighted by molar-refractivity contribution is -0.136. The van der Waals surface area contributed by atoms with Crippen molar-refractivity contribution < 1.29 is 9.53 Å². The van der Waals surface area contributed by atoms with Crippen molar-refractivity contribution in [1.29, 1.82) is 5.26 Å². The standard InChI is InChI=1S/C18H22N2O2/c1-14-6-8-15(9-7-14)17(20-12-4-3-5-13-20)16(10-11-19)18(21)22-2/h6-9H,3-5,10,12-13H2,1-2H3/b17-16-. The second kappa shape index (κ2) is 7.65. The van der Waals surface area contributed by atoms with Crippen LogP contribution < -0.4 is 0 Å². The number of ether oxygens (including phenoxy) is 1. The number of nitriles is 1. The average molecular weight is 298 g/mol. The Balaban J connectivity index is 2.53. The molecule has 4 nitrogen and oxygen atoms in total. The first-order chi connectivity index (χ1) is 10.7. The molecule has 116 valence electrons. The number of hydrogen-bond acceptors (Lipinski definition) is 4. The van der Waals surface area contributed by atoms with Gasteiger partial charge in [0.05, 0.1) is 30.9 Å². The highest BCUT2D eigenvalue weighted by atomic mass is 16.5. The Kier molecular flexibility index (Phi) is 5.60. The molecule has 0 spiro atoms. The van der Waals surface area contributed by atoms with Gasteiger partial charge in [-0.25, -0.2) is 4.79 Å². The Hall–Kier alpha value is -2.28. The van der Waals surface area contributed by atoms with Gasteiger partial charge < -0.3 is 9.64 Å². The van der Waals surface area contributed by atoms with E-state index in [1.807, 2.05) is 31.2 Å². The van der Waals surface area contributed by atoms with Gasteiger partial charge in [-0.05, 0) is 31.7 Å². The molecule has 0 bridgehead atoms. The summed E-state index contributed by atoms with van der Waals surface area (Å²) in [6.45, 7) is 3.86. The van der Waals surface area contributed by atoms with Crippen molar-refractivity contribution in [2.45, 2.75) is 32.6 Å². The van der Waals surface area contributed by atoms with E-state index in [1.54, 1.807) is 0 Å². The Bertz CT molecular complexity index is 591. The Morgan fingerprint density at radius 3 is 2.41 bits per heavy atom. The van der Waals surface area contributed by atoms with Crippen LogP contribution in [-0.2, 0) is 9.53 Å². The molecule has 2 rings (SSSR count). The minimum absolute atomic E-state index is 0.0619. The van der Waals surface area contributed by atoms with Crippen molar-refractivity contribution in [2.75, 3.05) is 20.2 Å². The molecule has 0 aromatic heterocycles. The Morgan fingerprint density at radius 1 is 1.23 bits per heavy atom. The van der Waals surface area contributed by atoms with E-state index in [4.69, 9.17) is 10.00 Å². The minimum Gasteiger partial charge on any atom is -0.466 e. The molecule has 0 aliphatic carbocycles. The van der Waals surface area contributed by atoms with E-state index in [2.05, 4.69) is 11.0 Å². The van der Waals surface area contributed by atoms with E-state index in [0.717, 1.165) is 37.2 Å². The van der Waals surface area contributed by atoms with Crippen LogP contribution >= 0.6 is 0 Å². The van der Waals surface area contributed by atoms with Gasteiger partial charge in [0, 0.05) is 13.1 Å². The molecule has 1 aliphatic heterocycles. The fourth-order valence-corrected chi connectivity index (χ4v) is 2.83. The summed E-state index contributed by atoms with van der Waals surface area (Å²) < 4.78 is 4.91. The lowest BCUT2D eigenvalue weighted by Crippen LogP contribution is -2.30. The summed E-state index contributed by atoms with van der Waals surface area (Å²) in [5.41, 5.74) is 3.45. The molecule has 22 heavy (non-hydrogen) atoms. The quantitative estimate of drug-likeness (QED) is 0.632. The SMILES string of the molecule is COC(=O)/C(CC#N)=C(/c1ccc(C)cc1)N1CCCCC1. The summed E-state index contributed by atoms with van der Waals surface area (Å²) in [4.78, 5) is 14.4. The van der Waals surface area contributed by atoms with Gasteiger partial charge in [0.2, 0.25) is 0 Å². The maximum absolute atomic E-state index is 12.2. The zero-order valence-electron chi connectivity index (χ0n) is 13.3. The van der Waals surface area contributed by atoms with Gasteiger partial charge in [0.1, 0.15) is 0 Å². The highest BCUT2D eigenvalue weighted by molar-refractivity contribution is 5.97. The summed E-state index contributed by atoms with van der Waals surface area (Å²) in [5, 5.41) is 9.11. The van der Waals surface area contributed by atoms with Gasteiger partial charge in [-0.15, -0.1) is 0 Å². The number of esters is 1. The van der Waals surface area contributed by atoms with Crippen molar-refractivity contribution in [3.63, 3.8) is 0 Å². The summed E-state index contributed by atoms with van der Waals surface area (Å²) in [5.74, 6) is -0.414. The number of rotatable bonds is 4. The number of likely N-dealkylation sites (tertiary alicyclic amines) is 1. The topological polar surface area (TPSA) is 53.3 Å². The smallest absolute Gasteiger partial charge is 0.336 e. The zero-order valence-corrected chi connectivity index (χ0v) is 13.3. The molecule has 0 amide bonds. The lowest BCUT2D eigenvalue weighted by Gasteiger charge is -2.32. The van der Waals surface area contributed by atoms with E-state index < -0.39 is 5.97 Å². The summed E-state index contributed by atoms with van der Waals surface area (Å²) in [6.07, 6.45) is 3.49. The van der Waals surface area contributed by atoms with Crippen LogP contribution in [0.5, 0.6) is 0 Å². The molecule has 1 aromatic carbocycles. The Morgan fingerprint density at radius 2 is 1.86 bits per heavy atom. The molecule has 1 aliphatic rings. The molecular weight excluding hydrogens is 276 g/mol. The van der Waals surface area contributed by atoms with Crippen LogP contribution in [0.3, 0.4) is 0 Å². The third-order valence-corrected chi connectivity index (χ3v) is 3.97. The van der Waals surface area contributed by atoms with Crippen molar-refractivity contribution in [3.8, 4) is 6.07 Å². The van der Waals surface area contributed by atoms with Gasteiger partial charge >= 0.3 is 5.97 Å². The van der Waals surface area contributed by atoms with E-state index >= 15 is 0 Å². The number of aryl methyl sites for hydroxylation is 1. The highest BCUT2D eigenvalue weighted by Crippen LogP contribution is 2.29. The van der Waals surface area contributed by atoms with Gasteiger partial charge in [-0.2, -0.15) is 5.26 Å². The van der Waals surface area contributed by atoms with Crippen LogP contribution in [0, 0.1) is 18.3 Å². The second-order valence-electron chi connectivity index (χ2n) is 5.57. The van der Waals surface area contributed by atoms with Crippen molar-refractivity contribution >= 4 is 11.7 Å². The first-order valence-electron chi connectivity index (χ1n) is 7.67. The molecule has 4 heteroatoms. The molecule has 0 radical (unpaired) electrons. The summed E-state index contributed by atoms with van der Waals surface area (Å²) in [6, 6.07) is 10.2. The number of methoxy groups -OCH3 is 1. The molecule has 0 N–H and O–H groups in total. The van der Waals surface area contributed by atoms with Gasteiger partial charge in [0.15, 0.2) is 0 Å². The fourth-order valence-electron chi connectivity index (χ4n) is 2.83. The maximum atomic E-state index is 12.2. The van der Waals surface area contributed by atoms with Crippen molar-refractivity contribution in [3.05, 3.63) is 41.0 Å². The van der Waals surface area contributed by atoms with Gasteiger partial charge in [0.25, 0.3) is 0 Å². The van der Waals surface area contributed by atoms with Crippen LogP contribution in [0.1, 0.15) is 36.8 Å². The average Bonchev–Trinajstić information content (AvgIpc) is 2.56. The molecule has 0 unspecified atom stereocenters. The third-order valence-electron chi connectivity index (χ3n) is 3.97. The van der Waals surface area contributed by atoms with E-state index in [9.17, 15) is 4.79 Å². The van der Waals surface area contributed by atoms with Crippen LogP contribution in [-0.4, -0.2) is 31.1 Å². The number of benzene rings is 1. The number of hydrogen-bond donors (Lipinski definition) is 0. The predicted octanol–water partition coefficient (Wildman–Crippen LogP) is 3.28. The number of carbonyl (C=O) groups excluding carboxylic acids is 1. The number of carbonyl (C=O) groups is 1. The van der Waals surface area contributed by atoms with Crippen LogP contribution in [0.15, 0.2) is 29.8 Å². The Labute approximate surface area is 132 Å². The molecule has 1 aromatic rings. The van der Waals surface area contributed by atoms with Gasteiger partial charge in [-0.3, -0.25) is 0 Å². The van der Waals surface area contributed by atoms with Crippen LogP contribution in [0.4, 0.5) is 0 Å². The molecule has 1 saturated heterocycles.